The highest BCUT2D eigenvalue weighted by Crippen LogP contribution is 2.32. The van der Waals surface area contributed by atoms with Gasteiger partial charge in [-0.1, -0.05) is 22.5 Å². The first-order valence-corrected chi connectivity index (χ1v) is 4.33. The zero-order chi connectivity index (χ0) is 10.9. The van der Waals surface area contributed by atoms with Gasteiger partial charge in [-0.05, 0) is 18.2 Å². The lowest BCUT2D eigenvalue weighted by atomic mass is 10.1. The third kappa shape index (κ3) is 2.35. The van der Waals surface area contributed by atoms with Gasteiger partial charge in [-0.3, -0.25) is 0 Å². The van der Waals surface area contributed by atoms with E-state index in [4.69, 9.17) is 0 Å². The summed E-state index contributed by atoms with van der Waals surface area (Å²) in [6.07, 6.45) is -4.47. The van der Waals surface area contributed by atoms with E-state index in [-0.39, 0.29) is 10.0 Å². The second kappa shape index (κ2) is 3.73. The molecule has 14 heavy (non-hydrogen) atoms. The van der Waals surface area contributed by atoms with Crippen LogP contribution in [0.5, 0.6) is 0 Å². The van der Waals surface area contributed by atoms with Crippen molar-refractivity contribution < 1.29 is 17.6 Å². The van der Waals surface area contributed by atoms with Crippen LogP contribution in [0.4, 0.5) is 17.6 Å². The van der Waals surface area contributed by atoms with Crippen molar-refractivity contribution in [2.24, 2.45) is 0 Å². The predicted octanol–water partition coefficient (Wildman–Crippen LogP) is 4.21. The van der Waals surface area contributed by atoms with E-state index in [2.05, 4.69) is 22.5 Å². The zero-order valence-electron chi connectivity index (χ0n) is 6.83. The third-order valence-corrected chi connectivity index (χ3v) is 2.01. The topological polar surface area (TPSA) is 0 Å². The van der Waals surface area contributed by atoms with E-state index in [1.54, 1.807) is 0 Å². The van der Waals surface area contributed by atoms with Gasteiger partial charge >= 0.3 is 6.18 Å². The van der Waals surface area contributed by atoms with Crippen LogP contribution >= 0.6 is 15.9 Å². The van der Waals surface area contributed by atoms with E-state index in [1.807, 2.05) is 0 Å². The van der Waals surface area contributed by atoms with Gasteiger partial charge in [0.05, 0.1) is 5.56 Å². The van der Waals surface area contributed by atoms with Crippen molar-refractivity contribution in [3.05, 3.63) is 41.7 Å². The summed E-state index contributed by atoms with van der Waals surface area (Å²) in [4.78, 5) is 0. The average molecular weight is 269 g/mol. The first kappa shape index (κ1) is 11.2. The van der Waals surface area contributed by atoms with Crippen LogP contribution in [0.15, 0.2) is 24.8 Å². The molecule has 0 saturated carbocycles. The summed E-state index contributed by atoms with van der Waals surface area (Å²) in [6.45, 7) is 3.32. The molecule has 76 valence electrons. The summed E-state index contributed by atoms with van der Waals surface area (Å²) in [5.74, 6) is -0.736. The van der Waals surface area contributed by atoms with Gasteiger partial charge in [0, 0.05) is 10.0 Å². The summed E-state index contributed by atoms with van der Waals surface area (Å²) < 4.78 is 49.6. The molecule has 0 aliphatic carbocycles. The smallest absolute Gasteiger partial charge is 0.206 e. The lowest BCUT2D eigenvalue weighted by Crippen LogP contribution is -2.05. The van der Waals surface area contributed by atoms with Crippen molar-refractivity contribution in [2.45, 2.75) is 6.18 Å². The number of alkyl halides is 3. The Labute approximate surface area is 86.4 Å². The van der Waals surface area contributed by atoms with Crippen molar-refractivity contribution in [1.29, 1.82) is 0 Å². The van der Waals surface area contributed by atoms with Crippen LogP contribution in [0.1, 0.15) is 11.1 Å². The van der Waals surface area contributed by atoms with Crippen LogP contribution < -0.4 is 0 Å². The SMILES string of the molecule is C=C(Br)c1cc(C(F)(F)F)ccc1F. The van der Waals surface area contributed by atoms with Gasteiger partial charge < -0.3 is 0 Å². The fourth-order valence-corrected chi connectivity index (χ4v) is 1.21. The van der Waals surface area contributed by atoms with Crippen LogP contribution in [0.2, 0.25) is 0 Å². The maximum absolute atomic E-state index is 13.0. The molecule has 0 amide bonds. The predicted molar refractivity (Wildman–Crippen MR) is 49.4 cm³/mol. The van der Waals surface area contributed by atoms with Crippen molar-refractivity contribution >= 4 is 20.4 Å². The summed E-state index contributed by atoms with van der Waals surface area (Å²) >= 11 is 2.83. The Hall–Kier alpha value is -0.840. The molecule has 0 N–H and O–H groups in total. The number of rotatable bonds is 1. The van der Waals surface area contributed by atoms with Gasteiger partial charge in [-0.25, -0.2) is 4.39 Å². The largest absolute Gasteiger partial charge is 0.416 e. The molecule has 5 heteroatoms. The number of hydrogen-bond acceptors (Lipinski definition) is 0. The standard InChI is InChI=1S/C9H5BrF4/c1-5(10)7-4-6(9(12,13)14)2-3-8(7)11/h2-4H,1H2. The number of benzene rings is 1. The maximum atomic E-state index is 13.0. The molecule has 0 heterocycles. The van der Waals surface area contributed by atoms with Gasteiger partial charge in [0.15, 0.2) is 0 Å². The Balaban J connectivity index is 3.27. The molecule has 0 saturated heterocycles. The highest BCUT2D eigenvalue weighted by Gasteiger charge is 2.31. The van der Waals surface area contributed by atoms with E-state index < -0.39 is 17.6 Å². The van der Waals surface area contributed by atoms with Crippen LogP contribution in [0.3, 0.4) is 0 Å². The molecular formula is C9H5BrF4. The molecule has 0 nitrogen and oxygen atoms in total. The molecule has 0 bridgehead atoms. The fraction of sp³-hybridized carbons (Fsp3) is 0.111. The molecule has 1 rings (SSSR count). The van der Waals surface area contributed by atoms with Gasteiger partial charge in [0.25, 0.3) is 0 Å². The first-order chi connectivity index (χ1) is 6.32. The molecule has 1 aromatic carbocycles. The van der Waals surface area contributed by atoms with E-state index in [0.29, 0.717) is 12.1 Å². The summed E-state index contributed by atoms with van der Waals surface area (Å²) in [7, 11) is 0. The molecule has 0 atom stereocenters. The summed E-state index contributed by atoms with van der Waals surface area (Å²) in [5.41, 5.74) is -1.07. The molecule has 0 aliphatic heterocycles. The van der Waals surface area contributed by atoms with Gasteiger partial charge in [0.2, 0.25) is 0 Å². The Morgan fingerprint density at radius 2 is 1.86 bits per heavy atom. The summed E-state index contributed by atoms with van der Waals surface area (Å²) in [5, 5.41) is 0. The maximum Gasteiger partial charge on any atom is 0.416 e. The molecule has 0 radical (unpaired) electrons. The Morgan fingerprint density at radius 1 is 1.29 bits per heavy atom. The van der Waals surface area contributed by atoms with Gasteiger partial charge in [-0.2, -0.15) is 13.2 Å². The average Bonchev–Trinajstić information content (AvgIpc) is 2.02. The second-order valence-electron chi connectivity index (χ2n) is 2.60. The van der Waals surface area contributed by atoms with Crippen LogP contribution in [-0.4, -0.2) is 0 Å². The normalized spacial score (nSPS) is 11.5. The zero-order valence-corrected chi connectivity index (χ0v) is 8.41. The summed E-state index contributed by atoms with van der Waals surface area (Å²) in [6, 6.07) is 2.17. The monoisotopic (exact) mass is 268 g/mol. The van der Waals surface area contributed by atoms with E-state index in [9.17, 15) is 17.6 Å². The third-order valence-electron chi connectivity index (χ3n) is 1.59. The first-order valence-electron chi connectivity index (χ1n) is 3.54. The van der Waals surface area contributed by atoms with Crippen molar-refractivity contribution in [1.82, 2.24) is 0 Å². The molecule has 0 aliphatic rings. The highest BCUT2D eigenvalue weighted by molar-refractivity contribution is 9.15. The van der Waals surface area contributed by atoms with Gasteiger partial charge in [-0.15, -0.1) is 0 Å². The van der Waals surface area contributed by atoms with E-state index in [0.717, 1.165) is 6.07 Å². The van der Waals surface area contributed by atoms with Crippen molar-refractivity contribution in [2.75, 3.05) is 0 Å². The minimum Gasteiger partial charge on any atom is -0.206 e. The molecule has 0 spiro atoms. The minimum absolute atomic E-state index is 0.0844. The van der Waals surface area contributed by atoms with Crippen LogP contribution in [0, 0.1) is 5.82 Å². The molecule has 1 aromatic rings. The molecule has 0 fully saturated rings. The van der Waals surface area contributed by atoms with Crippen molar-refractivity contribution in [3.8, 4) is 0 Å². The van der Waals surface area contributed by atoms with Crippen LogP contribution in [-0.2, 0) is 6.18 Å². The molecule has 0 aromatic heterocycles. The Bertz CT molecular complexity index is 368. The second-order valence-corrected chi connectivity index (χ2v) is 3.55. The highest BCUT2D eigenvalue weighted by atomic mass is 79.9. The number of hydrogen-bond donors (Lipinski definition) is 0. The molecular weight excluding hydrogens is 264 g/mol. The molecule has 0 unspecified atom stereocenters. The number of halogens is 5. The van der Waals surface area contributed by atoms with Crippen LogP contribution in [0.25, 0.3) is 4.48 Å². The fourth-order valence-electron chi connectivity index (χ4n) is 0.909. The Morgan fingerprint density at radius 3 is 2.29 bits per heavy atom. The van der Waals surface area contributed by atoms with E-state index >= 15 is 0 Å². The van der Waals surface area contributed by atoms with Crippen molar-refractivity contribution in [3.63, 3.8) is 0 Å². The lowest BCUT2D eigenvalue weighted by Gasteiger charge is -2.08. The minimum atomic E-state index is -4.47. The van der Waals surface area contributed by atoms with E-state index in [1.165, 1.54) is 0 Å². The Kier molecular flexibility index (Phi) is 2.99. The van der Waals surface area contributed by atoms with Gasteiger partial charge in [0.1, 0.15) is 5.82 Å². The quantitative estimate of drug-likeness (QED) is 0.670. The lowest BCUT2D eigenvalue weighted by molar-refractivity contribution is -0.137.